The molecule has 0 radical (unpaired) electrons. The summed E-state index contributed by atoms with van der Waals surface area (Å²) in [5.74, 6) is -0.256. The molecule has 0 spiro atoms. The van der Waals surface area contributed by atoms with Crippen molar-refractivity contribution in [2.45, 2.75) is 55.1 Å². The Bertz CT molecular complexity index is 639. The third kappa shape index (κ3) is 7.41. The van der Waals surface area contributed by atoms with Crippen molar-refractivity contribution in [1.82, 2.24) is 4.90 Å². The number of rotatable bonds is 14. The van der Waals surface area contributed by atoms with Gasteiger partial charge in [0.25, 0.3) is 0 Å². The van der Waals surface area contributed by atoms with Crippen LogP contribution in [0.15, 0.2) is 12.7 Å². The molecular formula is C23H41NO11. The molecule has 9 unspecified atom stereocenters. The molecule has 2 aliphatic rings. The number of hydrogen-bond acceptors (Lipinski definition) is 11. The summed E-state index contributed by atoms with van der Waals surface area (Å²) in [6.07, 6.45) is -3.72. The molecule has 12 heteroatoms. The van der Waals surface area contributed by atoms with Gasteiger partial charge in [-0.2, -0.15) is 0 Å². The number of methoxy groups -OCH3 is 6. The minimum atomic E-state index is -0.876. The van der Waals surface area contributed by atoms with Crippen LogP contribution in [0.3, 0.4) is 0 Å². The maximum atomic E-state index is 11.7. The second kappa shape index (κ2) is 15.2. The van der Waals surface area contributed by atoms with Gasteiger partial charge in [-0.1, -0.05) is 6.58 Å². The summed E-state index contributed by atoms with van der Waals surface area (Å²) >= 11 is 0. The summed E-state index contributed by atoms with van der Waals surface area (Å²) in [6, 6.07) is 0. The fourth-order valence-electron chi connectivity index (χ4n) is 4.40. The minimum Gasteiger partial charge on any atom is -0.382 e. The van der Waals surface area contributed by atoms with E-state index in [9.17, 15) is 4.79 Å². The summed E-state index contributed by atoms with van der Waals surface area (Å²) < 4.78 is 58.2. The van der Waals surface area contributed by atoms with Crippen LogP contribution in [0.2, 0.25) is 0 Å². The number of hydrogen-bond donors (Lipinski definition) is 0. The van der Waals surface area contributed by atoms with Gasteiger partial charge in [0.05, 0.1) is 19.8 Å². The molecule has 2 rings (SSSR count). The van der Waals surface area contributed by atoms with Gasteiger partial charge in [0.15, 0.2) is 6.29 Å². The van der Waals surface area contributed by atoms with Gasteiger partial charge in [-0.15, -0.1) is 0 Å². The number of likely N-dealkylation sites (N-methyl/N-ethyl adjacent to an activating group) is 1. The Morgan fingerprint density at radius 3 is 2.09 bits per heavy atom. The molecule has 204 valence electrons. The van der Waals surface area contributed by atoms with Crippen molar-refractivity contribution in [3.63, 3.8) is 0 Å². The Labute approximate surface area is 207 Å². The molecule has 2 heterocycles. The van der Waals surface area contributed by atoms with Crippen LogP contribution < -0.4 is 0 Å². The van der Waals surface area contributed by atoms with E-state index in [1.165, 1.54) is 11.0 Å². The van der Waals surface area contributed by atoms with E-state index in [1.54, 1.807) is 49.7 Å². The van der Waals surface area contributed by atoms with Crippen LogP contribution in [-0.2, 0) is 52.2 Å². The Balaban J connectivity index is 2.23. The molecule has 0 aliphatic carbocycles. The van der Waals surface area contributed by atoms with Crippen molar-refractivity contribution < 1.29 is 52.2 Å². The summed E-state index contributed by atoms with van der Waals surface area (Å²) in [7, 11) is 11.1. The van der Waals surface area contributed by atoms with Crippen LogP contribution in [0, 0.1) is 0 Å². The van der Waals surface area contributed by atoms with Crippen molar-refractivity contribution in [3.05, 3.63) is 12.7 Å². The first-order chi connectivity index (χ1) is 16.9. The van der Waals surface area contributed by atoms with E-state index < -0.39 is 49.0 Å². The molecular weight excluding hydrogens is 466 g/mol. The van der Waals surface area contributed by atoms with Crippen molar-refractivity contribution in [2.75, 3.05) is 76.3 Å². The third-order valence-electron chi connectivity index (χ3n) is 6.25. The first-order valence-electron chi connectivity index (χ1n) is 11.4. The number of amides is 1. The normalized spacial score (nSPS) is 35.6. The third-order valence-corrected chi connectivity index (χ3v) is 6.25. The second-order valence-corrected chi connectivity index (χ2v) is 8.29. The topological polar surface area (TPSA) is 113 Å². The van der Waals surface area contributed by atoms with E-state index in [0.29, 0.717) is 6.61 Å². The molecule has 1 amide bonds. The first-order valence-corrected chi connectivity index (χ1v) is 11.4. The van der Waals surface area contributed by atoms with Gasteiger partial charge in [0.1, 0.15) is 55.6 Å². The van der Waals surface area contributed by atoms with Crippen molar-refractivity contribution in [1.29, 1.82) is 0 Å². The average Bonchev–Trinajstić information content (AvgIpc) is 2.88. The maximum absolute atomic E-state index is 11.7. The summed E-state index contributed by atoms with van der Waals surface area (Å²) in [5.41, 5.74) is 0. The lowest BCUT2D eigenvalue weighted by Gasteiger charge is -2.48. The molecule has 0 aromatic rings. The highest BCUT2D eigenvalue weighted by Gasteiger charge is 2.51. The zero-order valence-corrected chi connectivity index (χ0v) is 21.7. The van der Waals surface area contributed by atoms with E-state index in [1.807, 2.05) is 0 Å². The Hall–Kier alpha value is -1.19. The van der Waals surface area contributed by atoms with Gasteiger partial charge < -0.3 is 52.3 Å². The summed E-state index contributed by atoms with van der Waals surface area (Å²) in [6.45, 7) is 4.26. The van der Waals surface area contributed by atoms with Crippen LogP contribution in [-0.4, -0.2) is 142 Å². The highest BCUT2D eigenvalue weighted by atomic mass is 16.7. The minimum absolute atomic E-state index is 0.0473. The monoisotopic (exact) mass is 507 g/mol. The lowest BCUT2D eigenvalue weighted by atomic mass is 9.97. The molecule has 0 aromatic heterocycles. The summed E-state index contributed by atoms with van der Waals surface area (Å²) in [5, 5.41) is 0. The molecule has 35 heavy (non-hydrogen) atoms. The Morgan fingerprint density at radius 1 is 0.886 bits per heavy atom. The van der Waals surface area contributed by atoms with E-state index in [4.69, 9.17) is 47.4 Å². The van der Waals surface area contributed by atoms with E-state index in [2.05, 4.69) is 6.58 Å². The molecule has 0 bridgehead atoms. The zero-order valence-electron chi connectivity index (χ0n) is 21.7. The van der Waals surface area contributed by atoms with Crippen molar-refractivity contribution in [2.24, 2.45) is 0 Å². The molecule has 2 aliphatic heterocycles. The largest absolute Gasteiger partial charge is 0.382 e. The van der Waals surface area contributed by atoms with Crippen LogP contribution in [0.5, 0.6) is 0 Å². The molecule has 9 atom stereocenters. The van der Waals surface area contributed by atoms with E-state index in [0.717, 1.165) is 0 Å². The quantitative estimate of drug-likeness (QED) is 0.231. The van der Waals surface area contributed by atoms with Gasteiger partial charge >= 0.3 is 0 Å². The van der Waals surface area contributed by atoms with Gasteiger partial charge in [-0.25, -0.2) is 0 Å². The van der Waals surface area contributed by atoms with Crippen molar-refractivity contribution in [3.8, 4) is 0 Å². The van der Waals surface area contributed by atoms with Gasteiger partial charge in [0, 0.05) is 49.7 Å². The Morgan fingerprint density at radius 2 is 1.54 bits per heavy atom. The predicted octanol–water partition coefficient (Wildman–Crippen LogP) is -0.165. The highest BCUT2D eigenvalue weighted by Crippen LogP contribution is 2.32. The van der Waals surface area contributed by atoms with Crippen LogP contribution in [0.4, 0.5) is 0 Å². The zero-order chi connectivity index (χ0) is 26.0. The predicted molar refractivity (Wildman–Crippen MR) is 123 cm³/mol. The van der Waals surface area contributed by atoms with Gasteiger partial charge in [-0.05, 0) is 6.08 Å². The lowest BCUT2D eigenvalue weighted by Crippen LogP contribution is -2.64. The summed E-state index contributed by atoms with van der Waals surface area (Å²) in [4.78, 5) is 13.1. The van der Waals surface area contributed by atoms with E-state index >= 15 is 0 Å². The SMILES string of the molecule is C=CC(=O)N(C)COCC1OC(OC2C(COC)OCC(OC)C2OC)C(OC)C(OC)C1OC. The van der Waals surface area contributed by atoms with Crippen LogP contribution in [0.1, 0.15) is 0 Å². The van der Waals surface area contributed by atoms with Gasteiger partial charge in [0.2, 0.25) is 5.91 Å². The fourth-order valence-corrected chi connectivity index (χ4v) is 4.40. The number of carbonyl (C=O) groups is 1. The number of ether oxygens (including phenoxy) is 10. The Kier molecular flexibility index (Phi) is 13.0. The lowest BCUT2D eigenvalue weighted by molar-refractivity contribution is -0.347. The molecule has 2 saturated heterocycles. The first kappa shape index (κ1) is 30.0. The molecule has 12 nitrogen and oxygen atoms in total. The maximum Gasteiger partial charge on any atom is 0.247 e. The highest BCUT2D eigenvalue weighted by molar-refractivity contribution is 5.86. The van der Waals surface area contributed by atoms with Gasteiger partial charge in [-0.3, -0.25) is 4.79 Å². The van der Waals surface area contributed by atoms with Crippen LogP contribution in [0.25, 0.3) is 0 Å². The van der Waals surface area contributed by atoms with E-state index in [-0.39, 0.29) is 32.0 Å². The van der Waals surface area contributed by atoms with Crippen LogP contribution >= 0.6 is 0 Å². The van der Waals surface area contributed by atoms with Crippen molar-refractivity contribution >= 4 is 5.91 Å². The molecule has 2 fully saturated rings. The molecule has 0 N–H and O–H groups in total. The second-order valence-electron chi connectivity index (χ2n) is 8.29. The average molecular weight is 508 g/mol. The molecule has 0 aromatic carbocycles. The smallest absolute Gasteiger partial charge is 0.247 e. The standard InChI is InChI=1S/C23H41NO11/c1-9-17(25)24(2)13-32-11-16-19(29-6)21(30-7)22(31-8)23(34-16)35-20-15(10-26-3)33-12-14(27-4)18(20)28-5/h9,14-16,18-23H,1,10-13H2,2-8H3. The number of carbonyl (C=O) groups excluding carboxylic acids is 1. The molecule has 0 saturated carbocycles. The fraction of sp³-hybridized carbons (Fsp3) is 0.870. The number of nitrogens with zero attached hydrogens (tertiary/aromatic N) is 1.